The fourth-order valence-electron chi connectivity index (χ4n) is 1.95. The van der Waals surface area contributed by atoms with E-state index in [1.165, 1.54) is 6.07 Å². The number of ether oxygens (including phenoxy) is 1. The monoisotopic (exact) mass is 409 g/mol. The van der Waals surface area contributed by atoms with Crippen LogP contribution in [0.2, 0.25) is 0 Å². The van der Waals surface area contributed by atoms with E-state index in [0.717, 1.165) is 4.47 Å². The minimum Gasteiger partial charge on any atom is -0.452 e. The van der Waals surface area contributed by atoms with Crippen molar-refractivity contribution in [2.24, 2.45) is 0 Å². The zero-order chi connectivity index (χ0) is 17.5. The highest BCUT2D eigenvalue weighted by molar-refractivity contribution is 9.10. The molecule has 0 fully saturated rings. The van der Waals surface area contributed by atoms with Gasteiger partial charge in [-0.15, -0.1) is 0 Å². The molecular weight excluding hydrogens is 394 g/mol. The van der Waals surface area contributed by atoms with E-state index in [-0.39, 0.29) is 5.56 Å². The number of hydrogen-bond acceptors (Lipinski definition) is 4. The molecule has 0 aromatic heterocycles. The van der Waals surface area contributed by atoms with Gasteiger partial charge in [-0.05, 0) is 40.2 Å². The van der Waals surface area contributed by atoms with E-state index in [0.29, 0.717) is 16.3 Å². The molecule has 1 atom stereocenters. The van der Waals surface area contributed by atoms with Gasteiger partial charge in [-0.2, -0.15) is 0 Å². The summed E-state index contributed by atoms with van der Waals surface area (Å²) in [5, 5.41) is 2.64. The molecular formula is C17H16BrNO4S. The third kappa shape index (κ3) is 4.75. The van der Waals surface area contributed by atoms with Crippen LogP contribution < -0.4 is 5.32 Å². The molecule has 5 nitrogen and oxygen atoms in total. The van der Waals surface area contributed by atoms with Crippen LogP contribution in [-0.4, -0.2) is 28.4 Å². The predicted molar refractivity (Wildman–Crippen MR) is 96.4 cm³/mol. The van der Waals surface area contributed by atoms with Gasteiger partial charge in [0, 0.05) is 10.2 Å². The van der Waals surface area contributed by atoms with Crippen LogP contribution in [0, 0.1) is 0 Å². The number of esters is 1. The molecule has 0 spiro atoms. The molecule has 0 saturated carbocycles. The molecule has 0 bridgehead atoms. The van der Waals surface area contributed by atoms with Crippen molar-refractivity contribution in [1.29, 1.82) is 0 Å². The SMILES string of the molecule is CC[S@](=O)c1ccccc1C(=O)OCC(=O)Nc1ccccc1Br. The standard InChI is InChI=1S/C17H16BrNO4S/c1-2-24(22)15-10-6-3-7-12(15)17(21)23-11-16(20)19-14-9-5-4-8-13(14)18/h3-10H,2,11H2,1H3,(H,19,20)/t24-/m0/s1. The van der Waals surface area contributed by atoms with Gasteiger partial charge in [0.15, 0.2) is 6.61 Å². The number of halogens is 1. The molecule has 0 heterocycles. The molecule has 2 aromatic rings. The van der Waals surface area contributed by atoms with E-state index in [9.17, 15) is 13.8 Å². The van der Waals surface area contributed by atoms with Gasteiger partial charge in [0.1, 0.15) is 0 Å². The molecule has 2 aromatic carbocycles. The first-order chi connectivity index (χ1) is 11.5. The first-order valence-electron chi connectivity index (χ1n) is 7.21. The summed E-state index contributed by atoms with van der Waals surface area (Å²) in [6.45, 7) is 1.34. The smallest absolute Gasteiger partial charge is 0.339 e. The van der Waals surface area contributed by atoms with Crippen LogP contribution in [0.3, 0.4) is 0 Å². The number of para-hydroxylation sites is 1. The van der Waals surface area contributed by atoms with E-state index < -0.39 is 29.3 Å². The minimum absolute atomic E-state index is 0.214. The number of carbonyl (C=O) groups excluding carboxylic acids is 2. The van der Waals surface area contributed by atoms with E-state index in [2.05, 4.69) is 21.2 Å². The molecule has 7 heteroatoms. The van der Waals surface area contributed by atoms with Crippen LogP contribution in [-0.2, 0) is 20.3 Å². The lowest BCUT2D eigenvalue weighted by molar-refractivity contribution is -0.119. The molecule has 24 heavy (non-hydrogen) atoms. The van der Waals surface area contributed by atoms with Gasteiger partial charge in [0.2, 0.25) is 0 Å². The maximum Gasteiger partial charge on any atom is 0.339 e. The molecule has 0 aliphatic heterocycles. The third-order valence-corrected chi connectivity index (χ3v) is 5.16. The first kappa shape index (κ1) is 18.4. The molecule has 2 rings (SSSR count). The Morgan fingerprint density at radius 3 is 2.50 bits per heavy atom. The number of rotatable bonds is 6. The van der Waals surface area contributed by atoms with Crippen molar-refractivity contribution in [3.8, 4) is 0 Å². The van der Waals surface area contributed by atoms with Crippen molar-refractivity contribution in [3.05, 3.63) is 58.6 Å². The summed E-state index contributed by atoms with van der Waals surface area (Å²) in [6, 6.07) is 13.6. The van der Waals surface area contributed by atoms with Crippen molar-refractivity contribution < 1.29 is 18.5 Å². The van der Waals surface area contributed by atoms with E-state index in [1.807, 2.05) is 6.07 Å². The Kier molecular flexibility index (Phi) is 6.69. The van der Waals surface area contributed by atoms with Gasteiger partial charge >= 0.3 is 5.97 Å². The average Bonchev–Trinajstić information content (AvgIpc) is 2.61. The predicted octanol–water partition coefficient (Wildman–Crippen LogP) is 3.37. The van der Waals surface area contributed by atoms with Gasteiger partial charge in [0.05, 0.1) is 26.9 Å². The number of hydrogen-bond donors (Lipinski definition) is 1. The van der Waals surface area contributed by atoms with Crippen molar-refractivity contribution in [2.45, 2.75) is 11.8 Å². The summed E-state index contributed by atoms with van der Waals surface area (Å²) in [5.74, 6) is -0.730. The molecule has 0 aliphatic rings. The summed E-state index contributed by atoms with van der Waals surface area (Å²) < 4.78 is 17.7. The average molecular weight is 410 g/mol. The van der Waals surface area contributed by atoms with Crippen LogP contribution in [0.1, 0.15) is 17.3 Å². The van der Waals surface area contributed by atoms with Gasteiger partial charge in [-0.1, -0.05) is 31.2 Å². The summed E-state index contributed by atoms with van der Waals surface area (Å²) in [5.41, 5.74) is 0.803. The maximum absolute atomic E-state index is 12.2. The third-order valence-electron chi connectivity index (χ3n) is 3.10. The van der Waals surface area contributed by atoms with Gasteiger partial charge in [0.25, 0.3) is 5.91 Å². The van der Waals surface area contributed by atoms with Crippen LogP contribution in [0.4, 0.5) is 5.69 Å². The lowest BCUT2D eigenvalue weighted by Crippen LogP contribution is -2.21. The number of anilines is 1. The van der Waals surface area contributed by atoms with Crippen LogP contribution in [0.15, 0.2) is 57.9 Å². The summed E-state index contributed by atoms with van der Waals surface area (Å²) in [7, 11) is -1.28. The first-order valence-corrected chi connectivity index (χ1v) is 9.33. The van der Waals surface area contributed by atoms with Gasteiger partial charge in [-0.3, -0.25) is 9.00 Å². The Labute approximate surface area is 151 Å². The molecule has 0 saturated heterocycles. The van der Waals surface area contributed by atoms with E-state index in [1.54, 1.807) is 43.3 Å². The molecule has 1 amide bonds. The summed E-state index contributed by atoms with van der Waals surface area (Å²) in [6.07, 6.45) is 0. The van der Waals surface area contributed by atoms with Crippen molar-refractivity contribution >= 4 is 44.3 Å². The van der Waals surface area contributed by atoms with Crippen LogP contribution in [0.25, 0.3) is 0 Å². The Hall–Kier alpha value is -1.99. The number of nitrogens with one attached hydrogen (secondary N) is 1. The lowest BCUT2D eigenvalue weighted by Gasteiger charge is -2.10. The van der Waals surface area contributed by atoms with E-state index >= 15 is 0 Å². The summed E-state index contributed by atoms with van der Waals surface area (Å²) >= 11 is 3.32. The van der Waals surface area contributed by atoms with Crippen molar-refractivity contribution in [1.82, 2.24) is 0 Å². The highest BCUT2D eigenvalue weighted by Gasteiger charge is 2.17. The highest BCUT2D eigenvalue weighted by atomic mass is 79.9. The number of benzene rings is 2. The molecule has 126 valence electrons. The second kappa shape index (κ2) is 8.75. The van der Waals surface area contributed by atoms with Gasteiger partial charge in [-0.25, -0.2) is 4.79 Å². The number of carbonyl (C=O) groups is 2. The zero-order valence-corrected chi connectivity index (χ0v) is 15.4. The second-order valence-corrected chi connectivity index (χ2v) is 7.30. The maximum atomic E-state index is 12.2. The normalized spacial score (nSPS) is 11.6. The van der Waals surface area contributed by atoms with Crippen LogP contribution >= 0.6 is 15.9 Å². The molecule has 1 N–H and O–H groups in total. The zero-order valence-electron chi connectivity index (χ0n) is 13.0. The molecule has 0 unspecified atom stereocenters. The topological polar surface area (TPSA) is 72.5 Å². The summed E-state index contributed by atoms with van der Waals surface area (Å²) in [4.78, 5) is 24.5. The van der Waals surface area contributed by atoms with Crippen LogP contribution in [0.5, 0.6) is 0 Å². The lowest BCUT2D eigenvalue weighted by atomic mass is 10.2. The molecule has 0 radical (unpaired) electrons. The quantitative estimate of drug-likeness (QED) is 0.742. The Morgan fingerprint density at radius 2 is 1.79 bits per heavy atom. The molecule has 0 aliphatic carbocycles. The fourth-order valence-corrected chi connectivity index (χ4v) is 3.27. The minimum atomic E-state index is -1.28. The highest BCUT2D eigenvalue weighted by Crippen LogP contribution is 2.21. The Bertz CT molecular complexity index is 779. The van der Waals surface area contributed by atoms with Crippen molar-refractivity contribution in [2.75, 3.05) is 17.7 Å². The number of amides is 1. The Morgan fingerprint density at radius 1 is 1.12 bits per heavy atom. The van der Waals surface area contributed by atoms with Crippen molar-refractivity contribution in [3.63, 3.8) is 0 Å². The largest absolute Gasteiger partial charge is 0.452 e. The fraction of sp³-hybridized carbons (Fsp3) is 0.176. The van der Waals surface area contributed by atoms with Gasteiger partial charge < -0.3 is 10.1 Å². The van der Waals surface area contributed by atoms with E-state index in [4.69, 9.17) is 4.74 Å². The Balaban J connectivity index is 2.00. The second-order valence-electron chi connectivity index (χ2n) is 4.73.